The van der Waals surface area contributed by atoms with Crippen LogP contribution in [-0.4, -0.2) is 87.4 Å². The number of fused-ring (bicyclic) bond motifs is 3. The van der Waals surface area contributed by atoms with Gasteiger partial charge in [-0.25, -0.2) is 0 Å². The van der Waals surface area contributed by atoms with Crippen molar-refractivity contribution in [2.45, 2.75) is 22.8 Å². The van der Waals surface area contributed by atoms with Crippen LogP contribution in [0.5, 0.6) is 17.2 Å². The number of nitrogens with zero attached hydrogens (tertiary/aromatic N) is 4. The van der Waals surface area contributed by atoms with E-state index in [9.17, 15) is 4.79 Å². The van der Waals surface area contributed by atoms with Crippen LogP contribution >= 0.6 is 47.4 Å². The van der Waals surface area contributed by atoms with Gasteiger partial charge in [-0.3, -0.25) is 9.69 Å². The average molecular weight is 744 g/mol. The van der Waals surface area contributed by atoms with Crippen molar-refractivity contribution in [2.75, 3.05) is 71.7 Å². The molecule has 3 aliphatic heterocycles. The zero-order valence-corrected chi connectivity index (χ0v) is 30.8. The summed E-state index contributed by atoms with van der Waals surface area (Å²) in [4.78, 5) is 23.8. The Hall–Kier alpha value is -3.31. The third-order valence-electron chi connectivity index (χ3n) is 8.32. The molecule has 0 atom stereocenters. The number of para-hydroxylation sites is 1. The largest absolute Gasteiger partial charge is 0.484 e. The fourth-order valence-electron chi connectivity index (χ4n) is 5.81. The molecule has 4 aromatic carbocycles. The van der Waals surface area contributed by atoms with E-state index in [0.29, 0.717) is 23.9 Å². The Kier molecular flexibility index (Phi) is 13.2. The summed E-state index contributed by atoms with van der Waals surface area (Å²) in [6, 6.07) is 27.8. The molecular formula is C37H41Cl3N4O4S. The van der Waals surface area contributed by atoms with Crippen LogP contribution in [0.1, 0.15) is 12.0 Å². The highest BCUT2D eigenvalue weighted by molar-refractivity contribution is 7.99. The molecule has 0 bridgehead atoms. The van der Waals surface area contributed by atoms with Crippen molar-refractivity contribution in [1.29, 1.82) is 0 Å². The summed E-state index contributed by atoms with van der Waals surface area (Å²) in [5, 5.41) is 1.44. The summed E-state index contributed by atoms with van der Waals surface area (Å²) in [5.74, 6) is 2.26. The van der Waals surface area contributed by atoms with E-state index in [-0.39, 0.29) is 31.7 Å². The molecule has 3 heterocycles. The van der Waals surface area contributed by atoms with Gasteiger partial charge < -0.3 is 28.9 Å². The lowest BCUT2D eigenvalue weighted by Gasteiger charge is -2.34. The minimum atomic E-state index is 0. The fraction of sp³-hybridized carbons (Fsp3) is 0.324. The molecule has 0 spiro atoms. The Morgan fingerprint density at radius 2 is 1.55 bits per heavy atom. The standard InChI is InChI=1S/C20H21ClN2O4.C17H19ClN2S.ClH/c21-16-2-4-17(5-3-16)25-13-20(24)23-9-7-22(8-10-23)12-15-1-6-18-19(11-15)27-14-26-18;1-19(2)10-5-11-20-14-6-3-4-7-16(14)21-17-9-8-13(18)12-15(17)20;/h1-6,11H,7-10,12-14H2;3-4,6-9,12H,5,10-11H2,1-2H3;1H. The second-order valence-corrected chi connectivity index (χ2v) is 14.0. The Morgan fingerprint density at radius 1 is 0.837 bits per heavy atom. The van der Waals surface area contributed by atoms with Gasteiger partial charge in [-0.1, -0.05) is 53.2 Å². The van der Waals surface area contributed by atoms with E-state index < -0.39 is 0 Å². The normalized spacial score (nSPS) is 14.7. The molecule has 4 aromatic rings. The Morgan fingerprint density at radius 3 is 2.33 bits per heavy atom. The molecule has 0 N–H and O–H groups in total. The minimum Gasteiger partial charge on any atom is -0.484 e. The monoisotopic (exact) mass is 742 g/mol. The molecule has 0 aliphatic carbocycles. The summed E-state index contributed by atoms with van der Waals surface area (Å²) < 4.78 is 16.3. The van der Waals surface area contributed by atoms with Crippen LogP contribution in [0.15, 0.2) is 94.7 Å². The number of piperazine rings is 1. The van der Waals surface area contributed by atoms with Crippen molar-refractivity contribution in [3.63, 3.8) is 0 Å². The number of ether oxygens (including phenoxy) is 3. The summed E-state index contributed by atoms with van der Waals surface area (Å²) in [6.45, 7) is 6.33. The van der Waals surface area contributed by atoms with Gasteiger partial charge in [0.15, 0.2) is 18.1 Å². The molecule has 0 aromatic heterocycles. The van der Waals surface area contributed by atoms with E-state index in [4.69, 9.17) is 37.4 Å². The van der Waals surface area contributed by atoms with Gasteiger partial charge in [-0.05, 0) is 99.4 Å². The first-order chi connectivity index (χ1) is 23.3. The summed E-state index contributed by atoms with van der Waals surface area (Å²) in [6.07, 6.45) is 1.12. The summed E-state index contributed by atoms with van der Waals surface area (Å²) >= 11 is 13.9. The second kappa shape index (κ2) is 17.6. The SMILES string of the molecule is CN(C)CCCN1c2ccccc2Sc2ccc(Cl)cc21.Cl.O=C(COc1ccc(Cl)cc1)N1CCN(Cc2ccc3c(c2)OCO3)CC1. The first kappa shape index (κ1) is 37.0. The molecule has 0 radical (unpaired) electrons. The van der Waals surface area contributed by atoms with Crippen LogP contribution < -0.4 is 19.1 Å². The van der Waals surface area contributed by atoms with Gasteiger partial charge in [0.05, 0.1) is 11.4 Å². The van der Waals surface area contributed by atoms with Crippen molar-refractivity contribution in [1.82, 2.24) is 14.7 Å². The maximum Gasteiger partial charge on any atom is 0.260 e. The molecule has 260 valence electrons. The third kappa shape index (κ3) is 9.90. The number of halogens is 3. The number of hydrogen-bond donors (Lipinski definition) is 0. The predicted octanol–water partition coefficient (Wildman–Crippen LogP) is 8.11. The highest BCUT2D eigenvalue weighted by Gasteiger charge is 2.24. The third-order valence-corrected chi connectivity index (χ3v) is 9.94. The lowest BCUT2D eigenvalue weighted by atomic mass is 10.1. The average Bonchev–Trinajstić information content (AvgIpc) is 3.56. The highest BCUT2D eigenvalue weighted by atomic mass is 35.5. The van der Waals surface area contributed by atoms with E-state index >= 15 is 0 Å². The molecule has 0 saturated carbocycles. The number of benzene rings is 4. The van der Waals surface area contributed by atoms with Crippen LogP contribution in [0.2, 0.25) is 10.0 Å². The predicted molar refractivity (Wildman–Crippen MR) is 201 cm³/mol. The molecular weight excluding hydrogens is 703 g/mol. The van der Waals surface area contributed by atoms with Crippen molar-refractivity contribution in [3.05, 3.63) is 101 Å². The van der Waals surface area contributed by atoms with Crippen LogP contribution in [0.4, 0.5) is 11.4 Å². The molecule has 1 amide bonds. The first-order valence-electron chi connectivity index (χ1n) is 16.1. The quantitative estimate of drug-likeness (QED) is 0.171. The molecule has 49 heavy (non-hydrogen) atoms. The number of carbonyl (C=O) groups excluding carboxylic acids is 1. The first-order valence-corrected chi connectivity index (χ1v) is 17.7. The Labute approximate surface area is 309 Å². The van der Waals surface area contributed by atoms with Crippen molar-refractivity contribution in [3.8, 4) is 17.2 Å². The molecule has 3 aliphatic rings. The maximum absolute atomic E-state index is 12.4. The number of anilines is 2. The lowest BCUT2D eigenvalue weighted by molar-refractivity contribution is -0.135. The smallest absolute Gasteiger partial charge is 0.260 e. The number of hydrogen-bond acceptors (Lipinski definition) is 8. The van der Waals surface area contributed by atoms with Crippen molar-refractivity contribution in [2.24, 2.45) is 0 Å². The molecule has 8 nitrogen and oxygen atoms in total. The van der Waals surface area contributed by atoms with Gasteiger partial charge in [0.1, 0.15) is 5.75 Å². The van der Waals surface area contributed by atoms with Gasteiger partial charge in [-0.2, -0.15) is 0 Å². The van der Waals surface area contributed by atoms with Gasteiger partial charge in [0, 0.05) is 59.1 Å². The fourth-order valence-corrected chi connectivity index (χ4v) is 7.18. The number of carbonyl (C=O) groups is 1. The number of amides is 1. The molecule has 0 unspecified atom stereocenters. The van der Waals surface area contributed by atoms with Gasteiger partial charge in [0.25, 0.3) is 5.91 Å². The van der Waals surface area contributed by atoms with Crippen molar-refractivity contribution >= 4 is 64.7 Å². The topological polar surface area (TPSA) is 57.7 Å². The zero-order valence-electron chi connectivity index (χ0n) is 27.6. The van der Waals surface area contributed by atoms with Gasteiger partial charge in [0.2, 0.25) is 6.79 Å². The van der Waals surface area contributed by atoms with Gasteiger partial charge >= 0.3 is 0 Å². The lowest BCUT2D eigenvalue weighted by Crippen LogP contribution is -2.49. The highest BCUT2D eigenvalue weighted by Crippen LogP contribution is 2.48. The van der Waals surface area contributed by atoms with Crippen LogP contribution in [0.25, 0.3) is 0 Å². The van der Waals surface area contributed by atoms with E-state index in [1.54, 1.807) is 24.3 Å². The zero-order chi connectivity index (χ0) is 33.5. The second-order valence-electron chi connectivity index (χ2n) is 12.1. The van der Waals surface area contributed by atoms with Gasteiger partial charge in [-0.15, -0.1) is 12.4 Å². The van der Waals surface area contributed by atoms with Crippen LogP contribution in [0, 0.1) is 0 Å². The molecule has 12 heteroatoms. The van der Waals surface area contributed by atoms with E-state index in [2.05, 4.69) is 71.3 Å². The Balaban J connectivity index is 0.000000193. The maximum atomic E-state index is 12.4. The summed E-state index contributed by atoms with van der Waals surface area (Å²) in [7, 11) is 4.23. The Bertz CT molecular complexity index is 1700. The van der Waals surface area contributed by atoms with E-state index in [1.807, 2.05) is 34.9 Å². The molecule has 1 fully saturated rings. The number of rotatable bonds is 9. The van der Waals surface area contributed by atoms with Crippen LogP contribution in [0.3, 0.4) is 0 Å². The van der Waals surface area contributed by atoms with Crippen molar-refractivity contribution < 1.29 is 19.0 Å². The van der Waals surface area contributed by atoms with Crippen LogP contribution in [-0.2, 0) is 11.3 Å². The van der Waals surface area contributed by atoms with E-state index in [1.165, 1.54) is 26.7 Å². The molecule has 7 rings (SSSR count). The minimum absolute atomic E-state index is 0. The van der Waals surface area contributed by atoms with E-state index in [0.717, 1.165) is 55.7 Å². The molecule has 1 saturated heterocycles. The summed E-state index contributed by atoms with van der Waals surface area (Å²) in [5.41, 5.74) is 3.70.